The minimum absolute atomic E-state index is 0.00914. The van der Waals surface area contributed by atoms with E-state index in [1.807, 2.05) is 12.2 Å². The molecule has 1 aliphatic carbocycles. The molecule has 4 N–H and O–H groups in total. The first kappa shape index (κ1) is 9.22. The van der Waals surface area contributed by atoms with Crippen LogP contribution in [0.4, 0.5) is 0 Å². The fraction of sp³-hybridized carbons (Fsp3) is 0.625. The summed E-state index contributed by atoms with van der Waals surface area (Å²) in [6.45, 7) is 0.298. The van der Waals surface area contributed by atoms with Gasteiger partial charge in [0.25, 0.3) is 0 Å². The molecule has 1 aliphatic rings. The summed E-state index contributed by atoms with van der Waals surface area (Å²) in [6, 6.07) is 0.00914. The summed E-state index contributed by atoms with van der Waals surface area (Å²) in [6.07, 6.45) is 4.33. The Morgan fingerprint density at radius 3 is 2.92 bits per heavy atom. The number of rotatable bonds is 3. The van der Waals surface area contributed by atoms with Crippen molar-refractivity contribution in [3.05, 3.63) is 12.2 Å². The van der Waals surface area contributed by atoms with Crippen LogP contribution < -0.4 is 11.1 Å². The van der Waals surface area contributed by atoms with E-state index < -0.39 is 0 Å². The monoisotopic (exact) mass is 170 g/mol. The molecule has 1 amide bonds. The molecule has 4 nitrogen and oxygen atoms in total. The van der Waals surface area contributed by atoms with Crippen molar-refractivity contribution in [2.75, 3.05) is 13.2 Å². The molecule has 0 radical (unpaired) electrons. The van der Waals surface area contributed by atoms with Gasteiger partial charge in [-0.05, 0) is 6.42 Å². The van der Waals surface area contributed by atoms with Gasteiger partial charge in [0.1, 0.15) is 0 Å². The lowest BCUT2D eigenvalue weighted by Gasteiger charge is -2.08. The van der Waals surface area contributed by atoms with E-state index in [-0.39, 0.29) is 24.5 Å². The molecule has 0 saturated carbocycles. The molecule has 2 atom stereocenters. The second-order valence-electron chi connectivity index (χ2n) is 2.91. The van der Waals surface area contributed by atoms with Crippen molar-refractivity contribution in [2.24, 2.45) is 11.7 Å². The standard InChI is InChI=1S/C8H14N2O2/c9-7-2-1-6(5-7)8(12)10-3-4-11/h1-2,6-7,11H,3-5,9H2,(H,10,12). The van der Waals surface area contributed by atoms with Gasteiger partial charge in [-0.2, -0.15) is 0 Å². The number of amides is 1. The van der Waals surface area contributed by atoms with Crippen molar-refractivity contribution in [3.8, 4) is 0 Å². The van der Waals surface area contributed by atoms with Crippen molar-refractivity contribution < 1.29 is 9.90 Å². The second-order valence-corrected chi connectivity index (χ2v) is 2.91. The van der Waals surface area contributed by atoms with Crippen molar-refractivity contribution in [1.82, 2.24) is 5.32 Å². The predicted octanol–water partition coefficient (Wildman–Crippen LogP) is -1.00. The number of nitrogens with one attached hydrogen (secondary N) is 1. The van der Waals surface area contributed by atoms with Crippen LogP contribution in [0.3, 0.4) is 0 Å². The summed E-state index contributed by atoms with van der Waals surface area (Å²) in [5.41, 5.74) is 5.58. The van der Waals surface area contributed by atoms with E-state index in [0.29, 0.717) is 13.0 Å². The molecule has 0 bridgehead atoms. The van der Waals surface area contributed by atoms with Crippen molar-refractivity contribution in [1.29, 1.82) is 0 Å². The van der Waals surface area contributed by atoms with E-state index >= 15 is 0 Å². The lowest BCUT2D eigenvalue weighted by Crippen LogP contribution is -2.32. The Balaban J connectivity index is 2.29. The SMILES string of the molecule is NC1C=CC(C(=O)NCCO)C1. The highest BCUT2D eigenvalue weighted by Crippen LogP contribution is 2.15. The van der Waals surface area contributed by atoms with E-state index in [1.54, 1.807) is 0 Å². The summed E-state index contributed by atoms with van der Waals surface area (Å²) in [7, 11) is 0. The number of aliphatic hydroxyl groups excluding tert-OH is 1. The molecule has 0 aromatic carbocycles. The number of nitrogens with two attached hydrogens (primary N) is 1. The minimum Gasteiger partial charge on any atom is -0.395 e. The van der Waals surface area contributed by atoms with Gasteiger partial charge < -0.3 is 16.2 Å². The molecule has 0 heterocycles. The molecule has 0 aromatic rings. The maximum atomic E-state index is 11.2. The quantitative estimate of drug-likeness (QED) is 0.475. The molecule has 1 rings (SSSR count). The van der Waals surface area contributed by atoms with Crippen LogP contribution in [0.5, 0.6) is 0 Å². The van der Waals surface area contributed by atoms with Gasteiger partial charge in [-0.25, -0.2) is 0 Å². The first-order valence-electron chi connectivity index (χ1n) is 4.06. The van der Waals surface area contributed by atoms with Crippen molar-refractivity contribution in [2.45, 2.75) is 12.5 Å². The fourth-order valence-corrected chi connectivity index (χ4v) is 1.23. The third kappa shape index (κ3) is 2.32. The van der Waals surface area contributed by atoms with E-state index in [2.05, 4.69) is 5.32 Å². The highest BCUT2D eigenvalue weighted by molar-refractivity contribution is 5.81. The molecule has 4 heteroatoms. The highest BCUT2D eigenvalue weighted by atomic mass is 16.3. The highest BCUT2D eigenvalue weighted by Gasteiger charge is 2.21. The van der Waals surface area contributed by atoms with Gasteiger partial charge in [-0.1, -0.05) is 12.2 Å². The summed E-state index contributed by atoms with van der Waals surface area (Å²) in [5.74, 6) is -0.153. The van der Waals surface area contributed by atoms with Crippen LogP contribution in [-0.2, 0) is 4.79 Å². The summed E-state index contributed by atoms with van der Waals surface area (Å²) >= 11 is 0. The van der Waals surface area contributed by atoms with E-state index in [1.165, 1.54) is 0 Å². The van der Waals surface area contributed by atoms with Crippen LogP contribution in [0.15, 0.2) is 12.2 Å². The number of hydrogen-bond donors (Lipinski definition) is 3. The average molecular weight is 170 g/mol. The average Bonchev–Trinajstić information content (AvgIpc) is 2.47. The Hall–Kier alpha value is -0.870. The summed E-state index contributed by atoms with van der Waals surface area (Å²) in [5, 5.41) is 11.1. The van der Waals surface area contributed by atoms with E-state index in [4.69, 9.17) is 10.8 Å². The normalized spacial score (nSPS) is 27.5. The Morgan fingerprint density at radius 2 is 2.42 bits per heavy atom. The van der Waals surface area contributed by atoms with Crippen molar-refractivity contribution in [3.63, 3.8) is 0 Å². The number of carbonyl (C=O) groups excluding carboxylic acids is 1. The van der Waals surface area contributed by atoms with Gasteiger partial charge in [0.05, 0.1) is 12.5 Å². The third-order valence-electron chi connectivity index (χ3n) is 1.86. The summed E-state index contributed by atoms with van der Waals surface area (Å²) < 4.78 is 0. The van der Waals surface area contributed by atoms with Gasteiger partial charge in [0.15, 0.2) is 0 Å². The molecule has 0 spiro atoms. The first-order valence-corrected chi connectivity index (χ1v) is 4.06. The van der Waals surface area contributed by atoms with Crippen LogP contribution in [0.25, 0.3) is 0 Å². The first-order chi connectivity index (χ1) is 5.74. The molecule has 0 fully saturated rings. The lowest BCUT2D eigenvalue weighted by atomic mass is 10.1. The Bertz CT molecular complexity index is 191. The Labute approximate surface area is 71.4 Å². The van der Waals surface area contributed by atoms with E-state index in [9.17, 15) is 4.79 Å². The number of aliphatic hydroxyl groups is 1. The summed E-state index contributed by atoms with van der Waals surface area (Å²) in [4.78, 5) is 11.2. The smallest absolute Gasteiger partial charge is 0.227 e. The molecule has 12 heavy (non-hydrogen) atoms. The molecular formula is C8H14N2O2. The number of hydrogen-bond acceptors (Lipinski definition) is 3. The Morgan fingerprint density at radius 1 is 1.67 bits per heavy atom. The zero-order valence-electron chi connectivity index (χ0n) is 6.86. The molecule has 0 saturated heterocycles. The molecule has 0 aromatic heterocycles. The lowest BCUT2D eigenvalue weighted by molar-refractivity contribution is -0.123. The van der Waals surface area contributed by atoms with Gasteiger partial charge in [-0.3, -0.25) is 4.79 Å². The predicted molar refractivity (Wildman–Crippen MR) is 45.3 cm³/mol. The molecule has 0 aliphatic heterocycles. The minimum atomic E-state index is -0.105. The third-order valence-corrected chi connectivity index (χ3v) is 1.86. The molecular weight excluding hydrogens is 156 g/mol. The van der Waals surface area contributed by atoms with Gasteiger partial charge >= 0.3 is 0 Å². The zero-order chi connectivity index (χ0) is 8.97. The van der Waals surface area contributed by atoms with Crippen LogP contribution in [0.2, 0.25) is 0 Å². The van der Waals surface area contributed by atoms with Gasteiger partial charge in [-0.15, -0.1) is 0 Å². The van der Waals surface area contributed by atoms with E-state index in [0.717, 1.165) is 0 Å². The maximum Gasteiger partial charge on any atom is 0.227 e. The van der Waals surface area contributed by atoms with Crippen LogP contribution in [0, 0.1) is 5.92 Å². The van der Waals surface area contributed by atoms with Crippen LogP contribution in [-0.4, -0.2) is 30.2 Å². The molecule has 68 valence electrons. The topological polar surface area (TPSA) is 75.4 Å². The van der Waals surface area contributed by atoms with Crippen LogP contribution in [0.1, 0.15) is 6.42 Å². The largest absolute Gasteiger partial charge is 0.395 e. The van der Waals surface area contributed by atoms with Crippen LogP contribution >= 0.6 is 0 Å². The second kappa shape index (κ2) is 4.23. The van der Waals surface area contributed by atoms with Crippen molar-refractivity contribution >= 4 is 5.91 Å². The van der Waals surface area contributed by atoms with Gasteiger partial charge in [0.2, 0.25) is 5.91 Å². The Kier molecular flexibility index (Phi) is 3.25. The fourth-order valence-electron chi connectivity index (χ4n) is 1.23. The number of carbonyl (C=O) groups is 1. The maximum absolute atomic E-state index is 11.2. The zero-order valence-corrected chi connectivity index (χ0v) is 6.86. The van der Waals surface area contributed by atoms with Gasteiger partial charge in [0, 0.05) is 12.6 Å². The molecule has 2 unspecified atom stereocenters.